The van der Waals surface area contributed by atoms with Gasteiger partial charge in [-0.1, -0.05) is 0 Å². The van der Waals surface area contributed by atoms with Gasteiger partial charge in [-0.15, -0.1) is 0 Å². The largest absolute Gasteiger partial charge is 0.507 e. The highest BCUT2D eigenvalue weighted by Crippen LogP contribution is 2.42. The number of likely N-dealkylation sites (tertiary alicyclic amines) is 1. The third kappa shape index (κ3) is 4.44. The zero-order chi connectivity index (χ0) is 22.7. The predicted molar refractivity (Wildman–Crippen MR) is 115 cm³/mol. The van der Waals surface area contributed by atoms with Gasteiger partial charge in [0.05, 0.1) is 25.4 Å². The van der Waals surface area contributed by atoms with Crippen LogP contribution < -0.4 is 9.47 Å². The van der Waals surface area contributed by atoms with Gasteiger partial charge in [-0.3, -0.25) is 9.59 Å². The predicted octanol–water partition coefficient (Wildman–Crippen LogP) is 2.98. The summed E-state index contributed by atoms with van der Waals surface area (Å²) < 4.78 is 16.4. The van der Waals surface area contributed by atoms with Crippen molar-refractivity contribution < 1.29 is 28.6 Å². The molecule has 1 saturated heterocycles. The molecule has 3 rings (SSSR count). The van der Waals surface area contributed by atoms with Crippen molar-refractivity contribution in [1.29, 1.82) is 0 Å². The molecule has 1 amide bonds. The third-order valence-electron chi connectivity index (χ3n) is 5.24. The van der Waals surface area contributed by atoms with Crippen LogP contribution in [0, 0.1) is 6.92 Å². The Hall–Kier alpha value is -3.26. The van der Waals surface area contributed by atoms with Crippen molar-refractivity contribution in [2.24, 2.45) is 0 Å². The Labute approximate surface area is 181 Å². The summed E-state index contributed by atoms with van der Waals surface area (Å²) in [6.45, 7) is 2.89. The molecule has 0 bridgehead atoms. The Balaban J connectivity index is 2.12. The summed E-state index contributed by atoms with van der Waals surface area (Å²) >= 11 is 0. The Morgan fingerprint density at radius 1 is 1.16 bits per heavy atom. The van der Waals surface area contributed by atoms with Crippen molar-refractivity contribution in [1.82, 2.24) is 9.80 Å². The minimum atomic E-state index is -0.817. The number of aryl methyl sites for hydroxylation is 1. The van der Waals surface area contributed by atoms with Crippen LogP contribution in [0.25, 0.3) is 5.76 Å². The van der Waals surface area contributed by atoms with E-state index in [1.54, 1.807) is 37.3 Å². The van der Waals surface area contributed by atoms with E-state index in [-0.39, 0.29) is 11.3 Å². The molecular weight excluding hydrogens is 400 g/mol. The molecule has 2 heterocycles. The summed E-state index contributed by atoms with van der Waals surface area (Å²) in [7, 11) is 6.86. The fourth-order valence-electron chi connectivity index (χ4n) is 3.70. The Morgan fingerprint density at radius 2 is 1.90 bits per heavy atom. The molecule has 1 N–H and O–H groups in total. The average Bonchev–Trinajstić information content (AvgIpc) is 3.28. The van der Waals surface area contributed by atoms with Crippen LogP contribution in [0.1, 0.15) is 29.5 Å². The van der Waals surface area contributed by atoms with Crippen molar-refractivity contribution in [2.75, 3.05) is 41.4 Å². The number of amides is 1. The number of hydrogen-bond donors (Lipinski definition) is 1. The normalized spacial score (nSPS) is 18.1. The second-order valence-electron chi connectivity index (χ2n) is 7.66. The van der Waals surface area contributed by atoms with Crippen molar-refractivity contribution >= 4 is 17.4 Å². The monoisotopic (exact) mass is 428 g/mol. The number of Topliss-reactive ketones (excluding diaryl/α,β-unsaturated/α-hetero) is 1. The zero-order valence-electron chi connectivity index (χ0n) is 18.5. The fraction of sp³-hybridized carbons (Fsp3) is 0.391. The van der Waals surface area contributed by atoms with E-state index in [2.05, 4.69) is 0 Å². The molecule has 1 aromatic carbocycles. The Bertz CT molecular complexity index is 1010. The highest BCUT2D eigenvalue weighted by molar-refractivity contribution is 6.46. The minimum Gasteiger partial charge on any atom is -0.507 e. The fourth-order valence-corrected chi connectivity index (χ4v) is 3.70. The number of aliphatic hydroxyl groups excluding tert-OH is 1. The number of carbonyl (C=O) groups excluding carboxylic acids is 2. The molecule has 8 heteroatoms. The first-order valence-corrected chi connectivity index (χ1v) is 10.00. The van der Waals surface area contributed by atoms with Crippen LogP contribution in [0.15, 0.2) is 40.3 Å². The number of carbonyl (C=O) groups is 2. The summed E-state index contributed by atoms with van der Waals surface area (Å²) in [5, 5.41) is 11.2. The number of hydrogen-bond acceptors (Lipinski definition) is 7. The number of aliphatic hydroxyl groups is 1. The first-order valence-electron chi connectivity index (χ1n) is 10.00. The molecule has 0 saturated carbocycles. The molecule has 1 atom stereocenters. The number of benzene rings is 1. The van der Waals surface area contributed by atoms with E-state index in [1.807, 2.05) is 19.0 Å². The van der Waals surface area contributed by atoms with Crippen molar-refractivity contribution in [3.05, 3.63) is 53.0 Å². The average molecular weight is 428 g/mol. The van der Waals surface area contributed by atoms with E-state index in [1.165, 1.54) is 19.1 Å². The van der Waals surface area contributed by atoms with Gasteiger partial charge in [-0.05, 0) is 58.3 Å². The standard InChI is InChI=1S/C23H28N2O6/c1-14-7-10-17(31-14)20-19(22(27)23(28)25(20)12-6-11-24(2)3)21(26)16-9-8-15(29-4)13-18(16)30-5/h7-10,13,20,26H,6,11-12H2,1-5H3/b21-19-. The van der Waals surface area contributed by atoms with Gasteiger partial charge in [0.15, 0.2) is 0 Å². The van der Waals surface area contributed by atoms with Crippen LogP contribution in [-0.4, -0.2) is 68.0 Å². The molecule has 31 heavy (non-hydrogen) atoms. The Morgan fingerprint density at radius 3 is 2.48 bits per heavy atom. The molecule has 1 aromatic heterocycles. The molecule has 1 aliphatic rings. The highest BCUT2D eigenvalue weighted by atomic mass is 16.5. The number of furan rings is 1. The molecule has 1 fully saturated rings. The number of nitrogens with zero attached hydrogens (tertiary/aromatic N) is 2. The lowest BCUT2D eigenvalue weighted by Crippen LogP contribution is -2.32. The van der Waals surface area contributed by atoms with Gasteiger partial charge in [0.2, 0.25) is 0 Å². The highest BCUT2D eigenvalue weighted by Gasteiger charge is 2.47. The van der Waals surface area contributed by atoms with Gasteiger partial charge in [-0.2, -0.15) is 0 Å². The van der Waals surface area contributed by atoms with Gasteiger partial charge < -0.3 is 28.8 Å². The summed E-state index contributed by atoms with van der Waals surface area (Å²) in [6, 6.07) is 7.52. The van der Waals surface area contributed by atoms with Crippen molar-refractivity contribution in [3.63, 3.8) is 0 Å². The quantitative estimate of drug-likeness (QED) is 0.393. The summed E-state index contributed by atoms with van der Waals surface area (Å²) in [4.78, 5) is 29.4. The molecule has 166 valence electrons. The van der Waals surface area contributed by atoms with Crippen LogP contribution in [-0.2, 0) is 9.59 Å². The van der Waals surface area contributed by atoms with Gasteiger partial charge >= 0.3 is 0 Å². The number of ketones is 1. The van der Waals surface area contributed by atoms with Crippen molar-refractivity contribution in [3.8, 4) is 11.5 Å². The SMILES string of the molecule is COc1ccc(/C(O)=C2/C(=O)C(=O)N(CCCN(C)C)C2c2ccc(C)o2)c(OC)c1. The molecule has 0 spiro atoms. The summed E-state index contributed by atoms with van der Waals surface area (Å²) in [5.74, 6) is 0.213. The van der Waals surface area contributed by atoms with Crippen LogP contribution in [0.3, 0.4) is 0 Å². The topological polar surface area (TPSA) is 92.5 Å². The van der Waals surface area contributed by atoms with Crippen LogP contribution >= 0.6 is 0 Å². The van der Waals surface area contributed by atoms with E-state index in [4.69, 9.17) is 13.9 Å². The molecule has 1 unspecified atom stereocenters. The van der Waals surface area contributed by atoms with Gasteiger partial charge in [-0.25, -0.2) is 0 Å². The maximum atomic E-state index is 13.0. The zero-order valence-corrected chi connectivity index (χ0v) is 18.5. The molecule has 0 radical (unpaired) electrons. The third-order valence-corrected chi connectivity index (χ3v) is 5.24. The van der Waals surface area contributed by atoms with Crippen LogP contribution in [0.4, 0.5) is 0 Å². The van der Waals surface area contributed by atoms with E-state index >= 15 is 0 Å². The smallest absolute Gasteiger partial charge is 0.295 e. The lowest BCUT2D eigenvalue weighted by molar-refractivity contribution is -0.140. The minimum absolute atomic E-state index is 0.0207. The van der Waals surface area contributed by atoms with Crippen LogP contribution in [0.5, 0.6) is 11.5 Å². The van der Waals surface area contributed by atoms with Crippen LogP contribution in [0.2, 0.25) is 0 Å². The van der Waals surface area contributed by atoms with Gasteiger partial charge in [0.25, 0.3) is 11.7 Å². The molecule has 1 aliphatic heterocycles. The number of methoxy groups -OCH3 is 2. The second kappa shape index (κ2) is 9.26. The van der Waals surface area contributed by atoms with E-state index in [9.17, 15) is 14.7 Å². The number of rotatable bonds is 8. The van der Waals surface area contributed by atoms with Gasteiger partial charge in [0.1, 0.15) is 34.8 Å². The molecule has 8 nitrogen and oxygen atoms in total. The lowest BCUT2D eigenvalue weighted by atomic mass is 9.98. The number of ether oxygens (including phenoxy) is 2. The first-order chi connectivity index (χ1) is 14.8. The second-order valence-corrected chi connectivity index (χ2v) is 7.66. The maximum absolute atomic E-state index is 13.0. The van der Waals surface area contributed by atoms with Gasteiger partial charge in [0, 0.05) is 12.6 Å². The van der Waals surface area contributed by atoms with Crippen molar-refractivity contribution in [2.45, 2.75) is 19.4 Å². The molecule has 2 aromatic rings. The summed E-state index contributed by atoms with van der Waals surface area (Å²) in [6.07, 6.45) is 0.669. The summed E-state index contributed by atoms with van der Waals surface area (Å²) in [5.41, 5.74) is 0.274. The molecule has 0 aliphatic carbocycles. The van der Waals surface area contributed by atoms with E-state index in [0.717, 1.165) is 6.54 Å². The van der Waals surface area contributed by atoms with E-state index in [0.29, 0.717) is 41.5 Å². The maximum Gasteiger partial charge on any atom is 0.295 e. The Kier molecular flexibility index (Phi) is 6.70. The first kappa shape index (κ1) is 22.4. The van der Waals surface area contributed by atoms with E-state index < -0.39 is 17.7 Å². The lowest BCUT2D eigenvalue weighted by Gasteiger charge is -2.24. The molecular formula is C23H28N2O6.